The minimum absolute atomic E-state index is 0.00644. The predicted octanol–water partition coefficient (Wildman–Crippen LogP) is 4.53. The SMILES string of the molecule is CC(CNC(=O)C1CCN(C(=O)COc2ccccc2)CC1)c1c(Cl)cccc1Cl. The van der Waals surface area contributed by atoms with Crippen LogP contribution >= 0.6 is 23.2 Å². The van der Waals surface area contributed by atoms with Gasteiger partial charge in [-0.15, -0.1) is 0 Å². The van der Waals surface area contributed by atoms with Crippen LogP contribution in [0.15, 0.2) is 48.5 Å². The average molecular weight is 449 g/mol. The number of benzene rings is 2. The number of piperidine rings is 1. The van der Waals surface area contributed by atoms with Crippen LogP contribution in [0.2, 0.25) is 10.0 Å². The van der Waals surface area contributed by atoms with E-state index in [1.807, 2.05) is 37.3 Å². The molecule has 1 saturated heterocycles. The van der Waals surface area contributed by atoms with Crippen LogP contribution in [0.1, 0.15) is 31.2 Å². The zero-order valence-corrected chi connectivity index (χ0v) is 18.5. The molecule has 160 valence electrons. The van der Waals surface area contributed by atoms with Crippen LogP contribution in [-0.2, 0) is 9.59 Å². The first-order valence-electron chi connectivity index (χ1n) is 10.1. The van der Waals surface area contributed by atoms with Crippen molar-refractivity contribution in [3.8, 4) is 5.75 Å². The Kier molecular flexibility index (Phi) is 8.00. The highest BCUT2D eigenvalue weighted by molar-refractivity contribution is 6.36. The Morgan fingerprint density at radius 3 is 2.33 bits per heavy atom. The lowest BCUT2D eigenvalue weighted by atomic mass is 9.95. The van der Waals surface area contributed by atoms with Gasteiger partial charge < -0.3 is 15.0 Å². The van der Waals surface area contributed by atoms with E-state index >= 15 is 0 Å². The molecule has 1 aliphatic heterocycles. The summed E-state index contributed by atoms with van der Waals surface area (Å²) in [6, 6.07) is 14.7. The minimum Gasteiger partial charge on any atom is -0.484 e. The standard InChI is InChI=1S/C23H26Cl2N2O3/c1-16(22-19(24)8-5-9-20(22)25)14-26-23(29)17-10-12-27(13-11-17)21(28)15-30-18-6-3-2-4-7-18/h2-9,16-17H,10-15H2,1H3,(H,26,29). The van der Waals surface area contributed by atoms with Crippen molar-refractivity contribution in [2.24, 2.45) is 5.92 Å². The highest BCUT2D eigenvalue weighted by Gasteiger charge is 2.28. The Morgan fingerprint density at radius 1 is 1.07 bits per heavy atom. The molecule has 2 amide bonds. The molecule has 0 spiro atoms. The summed E-state index contributed by atoms with van der Waals surface area (Å²) in [6.45, 7) is 3.58. The van der Waals surface area contributed by atoms with E-state index in [-0.39, 0.29) is 30.3 Å². The molecule has 1 heterocycles. The van der Waals surface area contributed by atoms with Crippen molar-refractivity contribution in [3.05, 3.63) is 64.1 Å². The first-order valence-corrected chi connectivity index (χ1v) is 10.9. The van der Waals surface area contributed by atoms with Crippen LogP contribution in [0, 0.1) is 5.92 Å². The molecule has 0 aliphatic carbocycles. The maximum Gasteiger partial charge on any atom is 0.260 e. The third-order valence-electron chi connectivity index (χ3n) is 5.40. The quantitative estimate of drug-likeness (QED) is 0.676. The third-order valence-corrected chi connectivity index (χ3v) is 6.06. The number of nitrogens with one attached hydrogen (secondary N) is 1. The molecule has 2 aromatic carbocycles. The van der Waals surface area contributed by atoms with Crippen LogP contribution in [0.25, 0.3) is 0 Å². The van der Waals surface area contributed by atoms with Gasteiger partial charge in [0.1, 0.15) is 5.75 Å². The van der Waals surface area contributed by atoms with Gasteiger partial charge in [-0.25, -0.2) is 0 Å². The van der Waals surface area contributed by atoms with Crippen LogP contribution < -0.4 is 10.1 Å². The molecular weight excluding hydrogens is 423 g/mol. The molecular formula is C23H26Cl2N2O3. The van der Waals surface area contributed by atoms with E-state index in [2.05, 4.69) is 5.32 Å². The van der Waals surface area contributed by atoms with E-state index in [0.717, 1.165) is 5.56 Å². The zero-order chi connectivity index (χ0) is 21.5. The maximum absolute atomic E-state index is 12.6. The van der Waals surface area contributed by atoms with Gasteiger partial charge in [0.2, 0.25) is 5.91 Å². The normalized spacial score (nSPS) is 15.5. The maximum atomic E-state index is 12.6. The van der Waals surface area contributed by atoms with Crippen molar-refractivity contribution in [2.75, 3.05) is 26.2 Å². The van der Waals surface area contributed by atoms with Gasteiger partial charge in [0.25, 0.3) is 5.91 Å². The molecule has 3 rings (SSSR count). The second-order valence-electron chi connectivity index (χ2n) is 7.54. The molecule has 5 nitrogen and oxygen atoms in total. The molecule has 7 heteroatoms. The van der Waals surface area contributed by atoms with Gasteiger partial charge in [-0.1, -0.05) is 54.4 Å². The lowest BCUT2D eigenvalue weighted by Gasteiger charge is -2.31. The Bertz CT molecular complexity index is 848. The highest BCUT2D eigenvalue weighted by Crippen LogP contribution is 2.31. The molecule has 30 heavy (non-hydrogen) atoms. The van der Waals surface area contributed by atoms with Gasteiger partial charge in [0.15, 0.2) is 6.61 Å². The van der Waals surface area contributed by atoms with Crippen molar-refractivity contribution in [2.45, 2.75) is 25.7 Å². The van der Waals surface area contributed by atoms with Gasteiger partial charge >= 0.3 is 0 Å². The van der Waals surface area contributed by atoms with Gasteiger partial charge in [0, 0.05) is 41.5 Å². The van der Waals surface area contributed by atoms with Crippen molar-refractivity contribution >= 4 is 35.0 Å². The number of hydrogen-bond acceptors (Lipinski definition) is 3. The summed E-state index contributed by atoms with van der Waals surface area (Å²) in [7, 11) is 0. The summed E-state index contributed by atoms with van der Waals surface area (Å²) in [5.41, 5.74) is 0.847. The van der Waals surface area contributed by atoms with E-state index in [1.54, 1.807) is 23.1 Å². The lowest BCUT2D eigenvalue weighted by Crippen LogP contribution is -2.45. The fourth-order valence-corrected chi connectivity index (χ4v) is 4.40. The first kappa shape index (κ1) is 22.4. The number of para-hydroxylation sites is 1. The van der Waals surface area contributed by atoms with E-state index in [0.29, 0.717) is 48.3 Å². The molecule has 1 aliphatic rings. The highest BCUT2D eigenvalue weighted by atomic mass is 35.5. The molecule has 1 atom stereocenters. The molecule has 1 unspecified atom stereocenters. The van der Waals surface area contributed by atoms with E-state index in [1.165, 1.54) is 0 Å². The smallest absolute Gasteiger partial charge is 0.260 e. The summed E-state index contributed by atoms with van der Waals surface area (Å²) >= 11 is 12.5. The van der Waals surface area contributed by atoms with Gasteiger partial charge in [-0.05, 0) is 42.7 Å². The van der Waals surface area contributed by atoms with Crippen LogP contribution in [0.5, 0.6) is 5.75 Å². The number of carbonyl (C=O) groups excluding carboxylic acids is 2. The predicted molar refractivity (Wildman–Crippen MR) is 119 cm³/mol. The fourth-order valence-electron chi connectivity index (χ4n) is 3.63. The topological polar surface area (TPSA) is 58.6 Å². The van der Waals surface area contributed by atoms with Crippen molar-refractivity contribution in [1.29, 1.82) is 0 Å². The molecule has 2 aromatic rings. The Hall–Kier alpha value is -2.24. The molecule has 1 N–H and O–H groups in total. The summed E-state index contributed by atoms with van der Waals surface area (Å²) < 4.78 is 5.53. The summed E-state index contributed by atoms with van der Waals surface area (Å²) in [5, 5.41) is 4.22. The number of likely N-dealkylation sites (tertiary alicyclic amines) is 1. The zero-order valence-electron chi connectivity index (χ0n) is 16.9. The van der Waals surface area contributed by atoms with Crippen LogP contribution in [0.4, 0.5) is 0 Å². The number of amides is 2. The van der Waals surface area contributed by atoms with Crippen molar-refractivity contribution in [1.82, 2.24) is 10.2 Å². The minimum atomic E-state index is -0.0991. The second kappa shape index (κ2) is 10.7. The summed E-state index contributed by atoms with van der Waals surface area (Å²) in [6.07, 6.45) is 1.29. The van der Waals surface area contributed by atoms with E-state index < -0.39 is 0 Å². The van der Waals surface area contributed by atoms with Gasteiger partial charge in [0.05, 0.1) is 0 Å². The van der Waals surface area contributed by atoms with Gasteiger partial charge in [-0.2, -0.15) is 0 Å². The number of hydrogen-bond donors (Lipinski definition) is 1. The summed E-state index contributed by atoms with van der Waals surface area (Å²) in [4.78, 5) is 26.7. The molecule has 0 radical (unpaired) electrons. The first-order chi connectivity index (χ1) is 14.5. The largest absolute Gasteiger partial charge is 0.484 e. The van der Waals surface area contributed by atoms with Crippen molar-refractivity contribution < 1.29 is 14.3 Å². The van der Waals surface area contributed by atoms with Crippen molar-refractivity contribution in [3.63, 3.8) is 0 Å². The van der Waals surface area contributed by atoms with Gasteiger partial charge in [-0.3, -0.25) is 9.59 Å². The van der Waals surface area contributed by atoms with E-state index in [9.17, 15) is 9.59 Å². The Labute approximate surface area is 187 Å². The number of rotatable bonds is 7. The van der Waals surface area contributed by atoms with E-state index in [4.69, 9.17) is 27.9 Å². The number of ether oxygens (including phenoxy) is 1. The number of nitrogens with zero attached hydrogens (tertiary/aromatic N) is 1. The second-order valence-corrected chi connectivity index (χ2v) is 8.35. The molecule has 0 aromatic heterocycles. The Balaban J connectivity index is 1.42. The molecule has 0 saturated carbocycles. The van der Waals surface area contributed by atoms with Crippen LogP contribution in [0.3, 0.4) is 0 Å². The number of halogens is 2. The lowest BCUT2D eigenvalue weighted by molar-refractivity contribution is -0.137. The average Bonchev–Trinajstić information content (AvgIpc) is 2.76. The Morgan fingerprint density at radius 2 is 1.70 bits per heavy atom. The van der Waals surface area contributed by atoms with Crippen LogP contribution in [-0.4, -0.2) is 43.0 Å². The molecule has 0 bridgehead atoms. The monoisotopic (exact) mass is 448 g/mol. The fraction of sp³-hybridized carbons (Fsp3) is 0.391. The molecule has 1 fully saturated rings. The number of carbonyl (C=O) groups is 2. The third kappa shape index (κ3) is 5.89. The summed E-state index contributed by atoms with van der Waals surface area (Å²) in [5.74, 6) is 0.537.